The maximum atomic E-state index is 11.8. The molecule has 0 bridgehead atoms. The zero-order chi connectivity index (χ0) is 17.7. The van der Waals surface area contributed by atoms with Crippen LogP contribution in [0.15, 0.2) is 54.6 Å². The summed E-state index contributed by atoms with van der Waals surface area (Å²) in [5.41, 5.74) is 1.25. The van der Waals surface area contributed by atoms with Gasteiger partial charge in [0.2, 0.25) is 0 Å². The second kappa shape index (κ2) is 8.35. The van der Waals surface area contributed by atoms with Crippen LogP contribution in [0.2, 0.25) is 5.02 Å². The van der Waals surface area contributed by atoms with E-state index in [1.165, 1.54) is 24.8 Å². The van der Waals surface area contributed by atoms with Crippen molar-refractivity contribution >= 4 is 11.6 Å². The molecular weight excluding hydrogens is 330 g/mol. The Morgan fingerprint density at radius 1 is 1.00 bits per heavy atom. The molecule has 0 spiro atoms. The monoisotopic (exact) mass is 357 g/mol. The van der Waals surface area contributed by atoms with E-state index in [4.69, 9.17) is 11.6 Å². The third-order valence-corrected chi connectivity index (χ3v) is 5.80. The Labute approximate surface area is 156 Å². The molecule has 3 rings (SSSR count). The van der Waals surface area contributed by atoms with Crippen molar-refractivity contribution in [2.45, 2.75) is 44.1 Å². The predicted octanol–water partition coefficient (Wildman–Crippen LogP) is 5.21. The van der Waals surface area contributed by atoms with Crippen molar-refractivity contribution in [2.24, 2.45) is 0 Å². The first-order valence-electron chi connectivity index (χ1n) is 9.39. The smallest absolute Gasteiger partial charge is 0.0974 e. The lowest BCUT2D eigenvalue weighted by Gasteiger charge is -2.40. The minimum absolute atomic E-state index is 0.0398. The number of hydrogen-bond acceptors (Lipinski definition) is 2. The van der Waals surface area contributed by atoms with Gasteiger partial charge in [0.05, 0.1) is 5.60 Å². The van der Waals surface area contributed by atoms with E-state index in [0.29, 0.717) is 11.4 Å². The Kier molecular flexibility index (Phi) is 6.16. The second-order valence-corrected chi connectivity index (χ2v) is 7.55. The summed E-state index contributed by atoms with van der Waals surface area (Å²) in [4.78, 5) is 2.51. The number of nitrogens with zero attached hydrogens (tertiary/aromatic N) is 1. The van der Waals surface area contributed by atoms with Gasteiger partial charge in [0.15, 0.2) is 0 Å². The van der Waals surface area contributed by atoms with Crippen LogP contribution < -0.4 is 0 Å². The van der Waals surface area contributed by atoms with Gasteiger partial charge in [-0.2, -0.15) is 0 Å². The second-order valence-electron chi connectivity index (χ2n) is 7.11. The van der Waals surface area contributed by atoms with E-state index in [-0.39, 0.29) is 5.92 Å². The van der Waals surface area contributed by atoms with Gasteiger partial charge in [0, 0.05) is 17.5 Å². The fourth-order valence-electron chi connectivity index (χ4n) is 4.01. The molecule has 0 saturated carbocycles. The molecule has 1 fully saturated rings. The fraction of sp³-hybridized carbons (Fsp3) is 0.455. The van der Waals surface area contributed by atoms with Crippen LogP contribution in [0.1, 0.15) is 49.7 Å². The minimum atomic E-state index is -0.899. The molecule has 0 amide bonds. The van der Waals surface area contributed by atoms with E-state index in [0.717, 1.165) is 25.2 Å². The Morgan fingerprint density at radius 2 is 1.64 bits per heavy atom. The van der Waals surface area contributed by atoms with Crippen molar-refractivity contribution < 1.29 is 5.11 Å². The lowest BCUT2D eigenvalue weighted by Crippen LogP contribution is -2.42. The molecule has 1 heterocycles. The molecule has 0 unspecified atom stereocenters. The third-order valence-electron chi connectivity index (χ3n) is 5.55. The maximum Gasteiger partial charge on any atom is 0.0974 e. The van der Waals surface area contributed by atoms with Gasteiger partial charge >= 0.3 is 0 Å². The fourth-order valence-corrected chi connectivity index (χ4v) is 4.13. The van der Waals surface area contributed by atoms with Gasteiger partial charge in [-0.3, -0.25) is 0 Å². The van der Waals surface area contributed by atoms with Crippen molar-refractivity contribution in [1.82, 2.24) is 4.90 Å². The first-order chi connectivity index (χ1) is 12.1. The average Bonchev–Trinajstić information content (AvgIpc) is 2.67. The largest absolute Gasteiger partial charge is 0.384 e. The van der Waals surface area contributed by atoms with E-state index >= 15 is 0 Å². The molecule has 0 aromatic heterocycles. The van der Waals surface area contributed by atoms with E-state index in [1.54, 1.807) is 0 Å². The highest BCUT2D eigenvalue weighted by molar-refractivity contribution is 6.30. The highest BCUT2D eigenvalue weighted by Crippen LogP contribution is 2.41. The van der Waals surface area contributed by atoms with Crippen molar-refractivity contribution in [3.63, 3.8) is 0 Å². The number of halogens is 1. The molecule has 134 valence electrons. The summed E-state index contributed by atoms with van der Waals surface area (Å²) in [6, 6.07) is 18.1. The number of piperidine rings is 1. The van der Waals surface area contributed by atoms with Gasteiger partial charge in [0.25, 0.3) is 0 Å². The molecule has 2 aromatic carbocycles. The SMILES string of the molecule is CC[C@](O)(c1ccc(Cl)cc1)[C@H](CN1CCCCC1)c1ccccc1. The minimum Gasteiger partial charge on any atom is -0.384 e. The molecule has 1 N–H and O–H groups in total. The normalized spacial score (nSPS) is 19.3. The van der Waals surface area contributed by atoms with Crippen LogP contribution in [0, 0.1) is 0 Å². The molecule has 2 atom stereocenters. The van der Waals surface area contributed by atoms with Gasteiger partial charge < -0.3 is 10.0 Å². The molecule has 2 nitrogen and oxygen atoms in total. The summed E-state index contributed by atoms with van der Waals surface area (Å²) in [5, 5.41) is 12.5. The molecule has 1 aliphatic rings. The quantitative estimate of drug-likeness (QED) is 0.767. The van der Waals surface area contributed by atoms with Gasteiger partial charge in [-0.25, -0.2) is 0 Å². The van der Waals surface area contributed by atoms with Crippen LogP contribution in [0.4, 0.5) is 0 Å². The number of hydrogen-bond donors (Lipinski definition) is 1. The van der Waals surface area contributed by atoms with Crippen LogP contribution in [-0.2, 0) is 5.60 Å². The summed E-state index contributed by atoms with van der Waals surface area (Å²) in [7, 11) is 0. The van der Waals surface area contributed by atoms with Gasteiger partial charge in [-0.1, -0.05) is 67.4 Å². The zero-order valence-electron chi connectivity index (χ0n) is 15.0. The Bertz CT molecular complexity index is 651. The van der Waals surface area contributed by atoms with Crippen molar-refractivity contribution in [3.8, 4) is 0 Å². The third kappa shape index (κ3) is 4.25. The molecule has 1 aliphatic heterocycles. The molecular formula is C22H28ClNO. The van der Waals surface area contributed by atoms with E-state index in [9.17, 15) is 5.11 Å². The van der Waals surface area contributed by atoms with Gasteiger partial charge in [0.1, 0.15) is 0 Å². The van der Waals surface area contributed by atoms with Gasteiger partial charge in [-0.15, -0.1) is 0 Å². The number of rotatable bonds is 6. The average molecular weight is 358 g/mol. The van der Waals surface area contributed by atoms with E-state index in [2.05, 4.69) is 36.1 Å². The predicted molar refractivity (Wildman–Crippen MR) is 105 cm³/mol. The highest BCUT2D eigenvalue weighted by Gasteiger charge is 2.39. The molecule has 25 heavy (non-hydrogen) atoms. The van der Waals surface area contributed by atoms with Crippen LogP contribution >= 0.6 is 11.6 Å². The zero-order valence-corrected chi connectivity index (χ0v) is 15.8. The number of aliphatic hydroxyl groups is 1. The van der Waals surface area contributed by atoms with Crippen molar-refractivity contribution in [3.05, 3.63) is 70.7 Å². The maximum absolute atomic E-state index is 11.8. The number of likely N-dealkylation sites (tertiary alicyclic amines) is 1. The summed E-state index contributed by atoms with van der Waals surface area (Å²) in [6.45, 7) is 5.21. The van der Waals surface area contributed by atoms with E-state index < -0.39 is 5.60 Å². The lowest BCUT2D eigenvalue weighted by molar-refractivity contribution is -0.0104. The molecule has 3 heteroatoms. The molecule has 0 aliphatic carbocycles. The van der Waals surface area contributed by atoms with Crippen LogP contribution in [0.3, 0.4) is 0 Å². The summed E-state index contributed by atoms with van der Waals surface area (Å²) in [5.74, 6) is 0.0398. The van der Waals surface area contributed by atoms with Crippen molar-refractivity contribution in [1.29, 1.82) is 0 Å². The topological polar surface area (TPSA) is 23.5 Å². The number of benzene rings is 2. The first-order valence-corrected chi connectivity index (χ1v) is 9.77. The Hall–Kier alpha value is -1.35. The Balaban J connectivity index is 1.96. The molecule has 2 aromatic rings. The summed E-state index contributed by atoms with van der Waals surface area (Å²) >= 11 is 6.07. The Morgan fingerprint density at radius 3 is 2.24 bits per heavy atom. The van der Waals surface area contributed by atoms with Crippen LogP contribution in [0.25, 0.3) is 0 Å². The van der Waals surface area contributed by atoms with Crippen molar-refractivity contribution in [2.75, 3.05) is 19.6 Å². The first kappa shape index (κ1) is 18.4. The van der Waals surface area contributed by atoms with Crippen LogP contribution in [0.5, 0.6) is 0 Å². The highest BCUT2D eigenvalue weighted by atomic mass is 35.5. The standard InChI is InChI=1S/C22H28ClNO/c1-2-22(25,19-11-13-20(23)14-12-19)21(18-9-5-3-6-10-18)17-24-15-7-4-8-16-24/h3,5-6,9-14,21,25H,2,4,7-8,15-17H2,1H3/t21-,22+/m1/s1. The molecule has 1 saturated heterocycles. The lowest BCUT2D eigenvalue weighted by atomic mass is 9.75. The van der Waals surface area contributed by atoms with E-state index in [1.807, 2.05) is 30.3 Å². The summed E-state index contributed by atoms with van der Waals surface area (Å²) in [6.07, 6.45) is 4.50. The van der Waals surface area contributed by atoms with Gasteiger partial charge in [-0.05, 0) is 55.6 Å². The summed E-state index contributed by atoms with van der Waals surface area (Å²) < 4.78 is 0. The molecule has 0 radical (unpaired) electrons. The van der Waals surface area contributed by atoms with Crippen LogP contribution in [-0.4, -0.2) is 29.6 Å².